The lowest BCUT2D eigenvalue weighted by Gasteiger charge is -2.58. The van der Waals surface area contributed by atoms with E-state index >= 15 is 0 Å². The van der Waals surface area contributed by atoms with Gasteiger partial charge in [-0.05, 0) is 91.8 Å². The van der Waals surface area contributed by atoms with Crippen LogP contribution in [0.5, 0.6) is 11.5 Å². The first kappa shape index (κ1) is 40.1. The molecule has 1 saturated carbocycles. The van der Waals surface area contributed by atoms with Crippen molar-refractivity contribution >= 4 is 39.1 Å². The number of carbonyl (C=O) groups excluding carboxylic acids is 1. The van der Waals surface area contributed by atoms with Crippen LogP contribution in [0.15, 0.2) is 90.0 Å². The number of nitrogens with one attached hydrogen (secondary N) is 2. The van der Waals surface area contributed by atoms with E-state index in [1.54, 1.807) is 18.3 Å². The third-order valence-corrected chi connectivity index (χ3v) is 14.6. The Morgan fingerprint density at radius 2 is 1.75 bits per heavy atom. The number of sulfonamides is 1. The summed E-state index contributed by atoms with van der Waals surface area (Å²) in [7, 11) is -4.53. The lowest BCUT2D eigenvalue weighted by atomic mass is 9.67. The Balaban J connectivity index is 0.908. The first-order chi connectivity index (χ1) is 29.1. The van der Waals surface area contributed by atoms with Gasteiger partial charge in [-0.2, -0.15) is 0 Å². The fourth-order valence-corrected chi connectivity index (χ4v) is 11.1. The zero-order chi connectivity index (χ0) is 41.3. The Bertz CT molecular complexity index is 2370. The molecule has 2 aliphatic carbocycles. The lowest BCUT2D eigenvalue weighted by molar-refractivity contribution is -0.384. The number of anilines is 2. The molecule has 3 saturated heterocycles. The minimum absolute atomic E-state index is 0.00285. The number of hydrogen-bond acceptors (Lipinski definition) is 11. The normalized spacial score (nSPS) is 20.5. The Hall–Kier alpha value is -5.31. The Labute approximate surface area is 351 Å². The van der Waals surface area contributed by atoms with Crippen LogP contribution in [0.1, 0.15) is 84.6 Å². The second-order valence-electron chi connectivity index (χ2n) is 17.1. The van der Waals surface area contributed by atoms with E-state index in [1.165, 1.54) is 49.9 Å². The fraction of sp³-hybridized carbons (Fsp3) is 0.435. The molecule has 1 aromatic heterocycles. The van der Waals surface area contributed by atoms with Crippen LogP contribution in [0.25, 0.3) is 6.08 Å². The van der Waals surface area contributed by atoms with Crippen molar-refractivity contribution in [3.05, 3.63) is 118 Å². The van der Waals surface area contributed by atoms with Gasteiger partial charge in [-0.1, -0.05) is 55.3 Å². The van der Waals surface area contributed by atoms with Crippen LogP contribution in [-0.2, 0) is 21.2 Å². The average molecular weight is 833 g/mol. The van der Waals surface area contributed by atoms with Crippen LogP contribution in [-0.4, -0.2) is 75.1 Å². The number of nitro benzene ring substituents is 1. The molecule has 3 aliphatic heterocycles. The smallest absolute Gasteiger partial charge is 0.293 e. The van der Waals surface area contributed by atoms with Gasteiger partial charge in [0.1, 0.15) is 17.2 Å². The predicted molar refractivity (Wildman–Crippen MR) is 230 cm³/mol. The Kier molecular flexibility index (Phi) is 11.4. The van der Waals surface area contributed by atoms with Crippen molar-refractivity contribution in [2.75, 3.05) is 56.2 Å². The van der Waals surface area contributed by atoms with Gasteiger partial charge in [0.25, 0.3) is 21.6 Å². The van der Waals surface area contributed by atoms with E-state index in [2.05, 4.69) is 55.2 Å². The average Bonchev–Trinajstić information content (AvgIpc) is 3.95. The summed E-state index contributed by atoms with van der Waals surface area (Å²) >= 11 is 0. The van der Waals surface area contributed by atoms with Gasteiger partial charge in [0.05, 0.1) is 27.3 Å². The maximum atomic E-state index is 13.9. The van der Waals surface area contributed by atoms with Gasteiger partial charge < -0.3 is 19.7 Å². The molecule has 9 rings (SSSR count). The summed E-state index contributed by atoms with van der Waals surface area (Å²) in [6.45, 7) is 5.69. The van der Waals surface area contributed by atoms with Crippen LogP contribution in [0, 0.1) is 27.4 Å². The molecular weight excluding hydrogens is 781 g/mol. The number of carbonyl (C=O) groups is 1. The van der Waals surface area contributed by atoms with E-state index in [1.807, 2.05) is 24.3 Å². The summed E-state index contributed by atoms with van der Waals surface area (Å²) in [4.78, 5) is 34.5. The molecule has 0 bridgehead atoms. The minimum Gasteiger partial charge on any atom is -0.455 e. The number of hydrogen-bond donors (Lipinski definition) is 2. The van der Waals surface area contributed by atoms with E-state index in [0.29, 0.717) is 42.9 Å². The Morgan fingerprint density at radius 1 is 0.967 bits per heavy atom. The van der Waals surface area contributed by atoms with Crippen molar-refractivity contribution < 1.29 is 27.6 Å². The molecule has 1 unspecified atom stereocenters. The summed E-state index contributed by atoms with van der Waals surface area (Å²) in [6.07, 6.45) is 15.3. The first-order valence-corrected chi connectivity index (χ1v) is 22.8. The molecule has 3 aromatic carbocycles. The minimum atomic E-state index is -4.53. The molecule has 4 fully saturated rings. The van der Waals surface area contributed by atoms with Gasteiger partial charge in [-0.25, -0.2) is 13.1 Å². The molecule has 5 aliphatic rings. The van der Waals surface area contributed by atoms with E-state index in [-0.39, 0.29) is 22.9 Å². The van der Waals surface area contributed by atoms with Gasteiger partial charge in [-0.15, -0.1) is 0 Å². The highest BCUT2D eigenvalue weighted by molar-refractivity contribution is 7.90. The summed E-state index contributed by atoms with van der Waals surface area (Å²) in [6, 6.07) is 22.2. The summed E-state index contributed by atoms with van der Waals surface area (Å²) in [5.41, 5.74) is 4.38. The van der Waals surface area contributed by atoms with Gasteiger partial charge in [0, 0.05) is 81.6 Å². The van der Waals surface area contributed by atoms with Crippen molar-refractivity contribution in [3.8, 4) is 11.5 Å². The van der Waals surface area contributed by atoms with Crippen LogP contribution in [0.2, 0.25) is 0 Å². The van der Waals surface area contributed by atoms with E-state index < -0.39 is 31.4 Å². The number of benzene rings is 3. The molecule has 2 N–H and O–H groups in total. The number of piperidine rings is 1. The number of nitrogens with zero attached hydrogens (tertiary/aromatic N) is 4. The van der Waals surface area contributed by atoms with E-state index in [0.717, 1.165) is 74.7 Å². The molecule has 4 aromatic rings. The van der Waals surface area contributed by atoms with E-state index in [4.69, 9.17) is 9.47 Å². The highest BCUT2D eigenvalue weighted by Crippen LogP contribution is 2.58. The van der Waals surface area contributed by atoms with Crippen molar-refractivity contribution in [2.24, 2.45) is 17.3 Å². The number of ether oxygens (including phenoxy) is 2. The molecule has 1 atom stereocenters. The van der Waals surface area contributed by atoms with Gasteiger partial charge >= 0.3 is 0 Å². The predicted octanol–water partition coefficient (Wildman–Crippen LogP) is 8.14. The molecule has 1 spiro atoms. The molecular formula is C46H52N6O7S. The molecule has 1 amide bonds. The number of allylic oxidation sites excluding steroid dienone is 1. The third-order valence-electron chi connectivity index (χ3n) is 13.3. The summed E-state index contributed by atoms with van der Waals surface area (Å²) < 4.78 is 41.2. The van der Waals surface area contributed by atoms with Gasteiger partial charge in [0.2, 0.25) is 0 Å². The van der Waals surface area contributed by atoms with Crippen molar-refractivity contribution in [2.45, 2.75) is 68.7 Å². The number of nitro groups is 1. The first-order valence-electron chi connectivity index (χ1n) is 21.3. The number of amides is 1. The molecule has 14 heteroatoms. The van der Waals surface area contributed by atoms with Crippen molar-refractivity contribution in [1.82, 2.24) is 14.6 Å². The molecule has 314 valence electrons. The molecule has 13 nitrogen and oxygen atoms in total. The lowest BCUT2D eigenvalue weighted by Crippen LogP contribution is -2.58. The molecule has 60 heavy (non-hydrogen) atoms. The zero-order valence-electron chi connectivity index (χ0n) is 33.8. The second kappa shape index (κ2) is 17.0. The topological polar surface area (TPSA) is 156 Å². The number of fused-ring (bicyclic) bond motifs is 1. The fourth-order valence-electron chi connectivity index (χ4n) is 10.1. The van der Waals surface area contributed by atoms with Crippen molar-refractivity contribution in [1.29, 1.82) is 0 Å². The van der Waals surface area contributed by atoms with Crippen molar-refractivity contribution in [3.63, 3.8) is 0 Å². The van der Waals surface area contributed by atoms with Gasteiger partial charge in [-0.3, -0.25) is 24.8 Å². The summed E-state index contributed by atoms with van der Waals surface area (Å²) in [5, 5.41) is 15.2. The highest BCUT2D eigenvalue weighted by atomic mass is 32.2. The maximum Gasteiger partial charge on any atom is 0.293 e. The maximum absolute atomic E-state index is 13.9. The number of likely N-dealkylation sites (tertiary alicyclic amines) is 1. The number of pyridine rings is 1. The standard InChI is InChI=1S/C46H52N6O7S/c53-45(49-60(56,57)38-12-14-41(42(27-38)52(54)55)47-28-32-17-23-58-24-18-32)39-13-11-36(26-43(39)59-37-25-35-9-6-10-40(35)48-29-37)50-21-15-33(16-22-50)30-51-31-46(19-4-5-20-46)44(51)34-7-2-1-3-8-34/h1-3,6-9,11-14,25-27,29,32-33,44,47H,4-5,10,15-24,28,30-31H2,(H,49,53). The zero-order valence-corrected chi connectivity index (χ0v) is 34.6. The largest absolute Gasteiger partial charge is 0.455 e. The van der Waals surface area contributed by atoms with Crippen LogP contribution < -0.4 is 19.7 Å². The second-order valence-corrected chi connectivity index (χ2v) is 18.8. The SMILES string of the molecule is O=C(NS(=O)(=O)c1ccc(NCC2CCOCC2)c([N+](=O)[O-])c1)c1ccc(N2CCC(CN3CC4(CCCC4)C3c3ccccc3)CC2)cc1Oc1cnc2c(c1)C=CC2. The van der Waals surface area contributed by atoms with Crippen LogP contribution >= 0.6 is 0 Å². The monoisotopic (exact) mass is 832 g/mol. The molecule has 0 radical (unpaired) electrons. The summed E-state index contributed by atoms with van der Waals surface area (Å²) in [5.74, 6) is 0.520. The van der Waals surface area contributed by atoms with E-state index in [9.17, 15) is 23.3 Å². The number of rotatable bonds is 13. The highest BCUT2D eigenvalue weighted by Gasteiger charge is 2.54. The Morgan fingerprint density at radius 3 is 2.52 bits per heavy atom. The third kappa shape index (κ3) is 8.37. The molecule has 4 heterocycles. The number of aromatic nitrogens is 1. The van der Waals surface area contributed by atoms with Crippen LogP contribution in [0.4, 0.5) is 17.1 Å². The van der Waals surface area contributed by atoms with Crippen LogP contribution in [0.3, 0.4) is 0 Å². The van der Waals surface area contributed by atoms with Gasteiger partial charge in [0.15, 0.2) is 0 Å². The quantitative estimate of drug-likeness (QED) is 0.0991.